The lowest BCUT2D eigenvalue weighted by molar-refractivity contribution is -0.125. The van der Waals surface area contributed by atoms with Crippen LogP contribution in [-0.4, -0.2) is 30.9 Å². The Hall–Kier alpha value is -2.76. The van der Waals surface area contributed by atoms with E-state index in [-0.39, 0.29) is 24.7 Å². The Morgan fingerprint density at radius 2 is 1.96 bits per heavy atom. The van der Waals surface area contributed by atoms with Gasteiger partial charge in [-0.2, -0.15) is 0 Å². The highest BCUT2D eigenvalue weighted by Gasteiger charge is 2.35. The van der Waals surface area contributed by atoms with Crippen LogP contribution in [0.5, 0.6) is 0 Å². The fourth-order valence-corrected chi connectivity index (χ4v) is 3.87. The van der Waals surface area contributed by atoms with Gasteiger partial charge in [0, 0.05) is 32.0 Å². The molecular formula is C20H23N3O3. The van der Waals surface area contributed by atoms with Crippen LogP contribution in [0.25, 0.3) is 0 Å². The first-order chi connectivity index (χ1) is 12.7. The van der Waals surface area contributed by atoms with Gasteiger partial charge in [0.2, 0.25) is 11.8 Å². The molecule has 1 saturated heterocycles. The van der Waals surface area contributed by atoms with Gasteiger partial charge in [0.25, 0.3) is 0 Å². The Morgan fingerprint density at radius 1 is 1.12 bits per heavy atom. The molecule has 4 rings (SSSR count). The van der Waals surface area contributed by atoms with E-state index in [2.05, 4.69) is 16.3 Å². The number of carbonyl (C=O) groups is 2. The SMILES string of the molecule is O=C(CCC(=O)N1C[C@@H]2CCCN2c2ccccc21)NCc1ccco1. The van der Waals surface area contributed by atoms with Crippen molar-refractivity contribution in [3.63, 3.8) is 0 Å². The van der Waals surface area contributed by atoms with Gasteiger partial charge in [0.05, 0.1) is 24.2 Å². The fraction of sp³-hybridized carbons (Fsp3) is 0.400. The van der Waals surface area contributed by atoms with E-state index >= 15 is 0 Å². The summed E-state index contributed by atoms with van der Waals surface area (Å²) in [6.45, 7) is 2.12. The Labute approximate surface area is 152 Å². The monoisotopic (exact) mass is 353 g/mol. The minimum absolute atomic E-state index is 0.0112. The number of nitrogens with one attached hydrogen (secondary N) is 1. The van der Waals surface area contributed by atoms with Crippen LogP contribution in [0.2, 0.25) is 0 Å². The molecule has 1 aromatic heterocycles. The fourth-order valence-electron chi connectivity index (χ4n) is 3.87. The summed E-state index contributed by atoms with van der Waals surface area (Å²) in [7, 11) is 0. The summed E-state index contributed by atoms with van der Waals surface area (Å²) in [6, 6.07) is 12.0. The van der Waals surface area contributed by atoms with E-state index in [0.29, 0.717) is 24.9 Å². The van der Waals surface area contributed by atoms with E-state index in [1.165, 1.54) is 0 Å². The standard InChI is InChI=1S/C20H23N3O3/c24-19(21-13-16-6-4-12-26-16)9-10-20(25)23-14-15-5-3-11-22(15)17-7-1-2-8-18(17)23/h1-2,4,6-8,12,15H,3,5,9-11,13-14H2,(H,21,24)/t15-/m0/s1. The highest BCUT2D eigenvalue weighted by Crippen LogP contribution is 2.39. The largest absolute Gasteiger partial charge is 0.467 e. The maximum Gasteiger partial charge on any atom is 0.227 e. The minimum Gasteiger partial charge on any atom is -0.467 e. The van der Waals surface area contributed by atoms with Crippen molar-refractivity contribution in [3.05, 3.63) is 48.4 Å². The molecule has 1 N–H and O–H groups in total. The van der Waals surface area contributed by atoms with Crippen LogP contribution in [0.4, 0.5) is 11.4 Å². The third kappa shape index (κ3) is 3.31. The lowest BCUT2D eigenvalue weighted by atomic mass is 10.1. The van der Waals surface area contributed by atoms with Gasteiger partial charge in [-0.05, 0) is 37.1 Å². The number of anilines is 2. The number of hydrogen-bond acceptors (Lipinski definition) is 4. The number of rotatable bonds is 5. The zero-order chi connectivity index (χ0) is 17.9. The zero-order valence-corrected chi connectivity index (χ0v) is 14.7. The van der Waals surface area contributed by atoms with E-state index in [1.54, 1.807) is 12.3 Å². The van der Waals surface area contributed by atoms with Gasteiger partial charge in [-0.3, -0.25) is 9.59 Å². The molecule has 2 aromatic rings. The molecule has 0 radical (unpaired) electrons. The third-order valence-corrected chi connectivity index (χ3v) is 5.16. The first kappa shape index (κ1) is 16.7. The Kier molecular flexibility index (Phi) is 4.65. The maximum atomic E-state index is 12.8. The lowest BCUT2D eigenvalue weighted by Gasteiger charge is -2.40. The minimum atomic E-state index is -0.137. The van der Waals surface area contributed by atoms with Gasteiger partial charge < -0.3 is 19.5 Å². The molecular weight excluding hydrogens is 330 g/mol. The normalized spacial score (nSPS) is 18.4. The van der Waals surface area contributed by atoms with E-state index in [0.717, 1.165) is 30.8 Å². The summed E-state index contributed by atoms with van der Waals surface area (Å²) in [4.78, 5) is 29.1. The van der Waals surface area contributed by atoms with E-state index in [1.807, 2.05) is 29.2 Å². The van der Waals surface area contributed by atoms with Crippen LogP contribution < -0.4 is 15.1 Å². The number of fused-ring (bicyclic) bond motifs is 3. The smallest absolute Gasteiger partial charge is 0.227 e. The second kappa shape index (κ2) is 7.23. The molecule has 2 aliphatic rings. The van der Waals surface area contributed by atoms with Crippen LogP contribution in [0.3, 0.4) is 0 Å². The molecule has 0 aliphatic carbocycles. The second-order valence-corrected chi connectivity index (χ2v) is 6.84. The van der Waals surface area contributed by atoms with Crippen molar-refractivity contribution in [2.45, 2.75) is 38.3 Å². The Bertz CT molecular complexity index is 787. The van der Waals surface area contributed by atoms with Crippen molar-refractivity contribution >= 4 is 23.2 Å². The second-order valence-electron chi connectivity index (χ2n) is 6.84. The van der Waals surface area contributed by atoms with E-state index < -0.39 is 0 Å². The number of amides is 2. The number of para-hydroxylation sites is 2. The number of furan rings is 1. The topological polar surface area (TPSA) is 65.8 Å². The van der Waals surface area contributed by atoms with Crippen LogP contribution >= 0.6 is 0 Å². The van der Waals surface area contributed by atoms with Crippen molar-refractivity contribution in [2.24, 2.45) is 0 Å². The predicted molar refractivity (Wildman–Crippen MR) is 99.0 cm³/mol. The summed E-state index contributed by atoms with van der Waals surface area (Å²) >= 11 is 0. The van der Waals surface area contributed by atoms with Crippen molar-refractivity contribution in [3.8, 4) is 0 Å². The molecule has 2 amide bonds. The molecule has 1 atom stereocenters. The summed E-state index contributed by atoms with van der Waals surface area (Å²) < 4.78 is 5.19. The summed E-state index contributed by atoms with van der Waals surface area (Å²) in [5.74, 6) is 0.579. The van der Waals surface area contributed by atoms with Crippen molar-refractivity contribution in [1.82, 2.24) is 5.32 Å². The van der Waals surface area contributed by atoms with Crippen LogP contribution in [0, 0.1) is 0 Å². The van der Waals surface area contributed by atoms with Crippen molar-refractivity contribution in [2.75, 3.05) is 22.9 Å². The molecule has 3 heterocycles. The molecule has 1 fully saturated rings. The number of benzene rings is 1. The highest BCUT2D eigenvalue weighted by molar-refractivity contribution is 5.99. The summed E-state index contributed by atoms with van der Waals surface area (Å²) in [5.41, 5.74) is 2.10. The maximum absolute atomic E-state index is 12.8. The molecule has 0 spiro atoms. The summed E-state index contributed by atoms with van der Waals surface area (Å²) in [5, 5.41) is 2.79. The average molecular weight is 353 g/mol. The first-order valence-electron chi connectivity index (χ1n) is 9.17. The summed E-state index contributed by atoms with van der Waals surface area (Å²) in [6.07, 6.45) is 4.25. The lowest BCUT2D eigenvalue weighted by Crippen LogP contribution is -2.48. The first-order valence-corrected chi connectivity index (χ1v) is 9.17. The molecule has 2 aliphatic heterocycles. The Morgan fingerprint density at radius 3 is 2.77 bits per heavy atom. The Balaban J connectivity index is 1.37. The molecule has 26 heavy (non-hydrogen) atoms. The van der Waals surface area contributed by atoms with Crippen LogP contribution in [-0.2, 0) is 16.1 Å². The number of nitrogens with zero attached hydrogens (tertiary/aromatic N) is 2. The van der Waals surface area contributed by atoms with Gasteiger partial charge in [-0.1, -0.05) is 12.1 Å². The number of hydrogen-bond donors (Lipinski definition) is 1. The van der Waals surface area contributed by atoms with E-state index in [4.69, 9.17) is 4.42 Å². The predicted octanol–water partition coefficient (Wildman–Crippen LogP) is 2.69. The molecule has 0 unspecified atom stereocenters. The quantitative estimate of drug-likeness (QED) is 0.898. The van der Waals surface area contributed by atoms with Gasteiger partial charge >= 0.3 is 0 Å². The highest BCUT2D eigenvalue weighted by atomic mass is 16.3. The van der Waals surface area contributed by atoms with Crippen molar-refractivity contribution < 1.29 is 14.0 Å². The zero-order valence-electron chi connectivity index (χ0n) is 14.7. The van der Waals surface area contributed by atoms with Gasteiger partial charge in [0.1, 0.15) is 5.76 Å². The molecule has 6 nitrogen and oxygen atoms in total. The van der Waals surface area contributed by atoms with Gasteiger partial charge in [-0.15, -0.1) is 0 Å². The molecule has 1 aromatic carbocycles. The van der Waals surface area contributed by atoms with Crippen molar-refractivity contribution in [1.29, 1.82) is 0 Å². The third-order valence-electron chi connectivity index (χ3n) is 5.16. The van der Waals surface area contributed by atoms with Crippen LogP contribution in [0.1, 0.15) is 31.4 Å². The van der Waals surface area contributed by atoms with Gasteiger partial charge in [0.15, 0.2) is 0 Å². The van der Waals surface area contributed by atoms with E-state index in [9.17, 15) is 9.59 Å². The molecule has 6 heteroatoms. The number of carbonyl (C=O) groups excluding carboxylic acids is 2. The van der Waals surface area contributed by atoms with Crippen LogP contribution in [0.15, 0.2) is 47.1 Å². The van der Waals surface area contributed by atoms with Gasteiger partial charge in [-0.25, -0.2) is 0 Å². The molecule has 0 bridgehead atoms. The molecule has 136 valence electrons. The average Bonchev–Trinajstić information content (AvgIpc) is 3.35. The molecule has 0 saturated carbocycles.